The zero-order valence-electron chi connectivity index (χ0n) is 25.1. The minimum Gasteiger partial charge on any atom is -0.497 e. The molecule has 0 bridgehead atoms. The summed E-state index contributed by atoms with van der Waals surface area (Å²) >= 11 is 2.46. The Morgan fingerprint density at radius 2 is 1.67 bits per heavy atom. The van der Waals surface area contributed by atoms with E-state index in [9.17, 15) is 19.2 Å². The van der Waals surface area contributed by atoms with Gasteiger partial charge in [0, 0.05) is 27.6 Å². The second-order valence-corrected chi connectivity index (χ2v) is 13.0. The number of aryl methyl sites for hydroxylation is 2. The van der Waals surface area contributed by atoms with Gasteiger partial charge in [-0.05, 0) is 111 Å². The maximum absolute atomic E-state index is 13.7. The van der Waals surface area contributed by atoms with Gasteiger partial charge in [-0.2, -0.15) is 0 Å². The summed E-state index contributed by atoms with van der Waals surface area (Å²) in [5.41, 5.74) is 5.59. The molecule has 1 saturated heterocycles. The number of anilines is 2. The maximum atomic E-state index is 13.7. The highest BCUT2D eigenvalue weighted by Gasteiger charge is 2.37. The van der Waals surface area contributed by atoms with E-state index < -0.39 is 23.6 Å². The number of hydrogen-bond donors (Lipinski definition) is 2. The van der Waals surface area contributed by atoms with E-state index in [1.54, 1.807) is 48.8 Å². The van der Waals surface area contributed by atoms with Gasteiger partial charge in [0.15, 0.2) is 0 Å². The highest BCUT2D eigenvalue weighted by atomic mass is 32.2. The monoisotopic (exact) mass is 640 g/mol. The molecule has 1 fully saturated rings. The van der Waals surface area contributed by atoms with Crippen LogP contribution in [0.2, 0.25) is 0 Å². The van der Waals surface area contributed by atoms with Crippen LogP contribution in [-0.4, -0.2) is 46.1 Å². The number of amides is 4. The van der Waals surface area contributed by atoms with Gasteiger partial charge in [0.25, 0.3) is 17.1 Å². The lowest BCUT2D eigenvalue weighted by Crippen LogP contribution is -2.36. The van der Waals surface area contributed by atoms with Gasteiger partial charge in [-0.15, -0.1) is 11.3 Å². The summed E-state index contributed by atoms with van der Waals surface area (Å²) in [4.78, 5) is 54.9. The second-order valence-electron chi connectivity index (χ2n) is 10.9. The van der Waals surface area contributed by atoms with Crippen LogP contribution in [0.4, 0.5) is 16.2 Å². The summed E-state index contributed by atoms with van der Waals surface area (Å²) < 4.78 is 7.20. The summed E-state index contributed by atoms with van der Waals surface area (Å²) in [6.45, 7) is 3.52. The molecule has 0 saturated carbocycles. The Labute approximate surface area is 269 Å². The topological polar surface area (TPSA) is 110 Å². The van der Waals surface area contributed by atoms with Crippen LogP contribution in [0.15, 0.2) is 65.6 Å². The largest absolute Gasteiger partial charge is 0.497 e. The van der Waals surface area contributed by atoms with Crippen molar-refractivity contribution >= 4 is 63.5 Å². The highest BCUT2D eigenvalue weighted by Crippen LogP contribution is 2.40. The molecule has 45 heavy (non-hydrogen) atoms. The minimum atomic E-state index is -0.519. The van der Waals surface area contributed by atoms with Crippen molar-refractivity contribution in [2.75, 3.05) is 24.3 Å². The molecule has 1 aliphatic carbocycles. The van der Waals surface area contributed by atoms with Crippen molar-refractivity contribution in [1.29, 1.82) is 0 Å². The van der Waals surface area contributed by atoms with Crippen molar-refractivity contribution in [1.82, 2.24) is 9.47 Å². The first-order chi connectivity index (χ1) is 21.7. The summed E-state index contributed by atoms with van der Waals surface area (Å²) in [5.74, 6) is -0.494. The quantitative estimate of drug-likeness (QED) is 0.201. The number of ether oxygens (including phenoxy) is 1. The zero-order valence-corrected chi connectivity index (χ0v) is 26.8. The van der Waals surface area contributed by atoms with Crippen LogP contribution in [0.3, 0.4) is 0 Å². The number of carbonyl (C=O) groups excluding carboxylic acids is 4. The predicted molar refractivity (Wildman–Crippen MR) is 178 cm³/mol. The number of thioether (sulfide) groups is 1. The lowest BCUT2D eigenvalue weighted by Gasteiger charge is -2.14. The van der Waals surface area contributed by atoms with Gasteiger partial charge in [0.1, 0.15) is 17.3 Å². The van der Waals surface area contributed by atoms with Crippen LogP contribution < -0.4 is 15.4 Å². The fourth-order valence-electron chi connectivity index (χ4n) is 5.70. The van der Waals surface area contributed by atoms with Crippen LogP contribution >= 0.6 is 23.1 Å². The fourth-order valence-corrected chi connectivity index (χ4v) is 8.03. The molecule has 0 unspecified atom stereocenters. The molecule has 230 valence electrons. The van der Waals surface area contributed by atoms with Crippen molar-refractivity contribution in [2.24, 2.45) is 0 Å². The SMILES string of the molecule is COc1ccc(NC(=O)CN2C(=O)S/C(=C/c3cc(C)n(-c4sc5c(c4C(=O)Nc4ccccc4)CCCC5)c3C)C2=O)cc1. The third kappa shape index (κ3) is 6.18. The molecule has 3 heterocycles. The molecule has 2 aromatic carbocycles. The number of hydrogen-bond acceptors (Lipinski definition) is 7. The van der Waals surface area contributed by atoms with Gasteiger partial charge >= 0.3 is 0 Å². The Hall–Kier alpha value is -4.61. The lowest BCUT2D eigenvalue weighted by molar-refractivity contribution is -0.127. The first kappa shape index (κ1) is 30.4. The molecule has 2 aromatic heterocycles. The number of para-hydroxylation sites is 1. The van der Waals surface area contributed by atoms with Crippen molar-refractivity contribution < 1.29 is 23.9 Å². The number of carbonyl (C=O) groups is 4. The summed E-state index contributed by atoms with van der Waals surface area (Å²) in [7, 11) is 1.55. The number of aromatic nitrogens is 1. The molecule has 4 amide bonds. The van der Waals surface area contributed by atoms with Gasteiger partial charge < -0.3 is 19.9 Å². The first-order valence-corrected chi connectivity index (χ1v) is 16.3. The summed E-state index contributed by atoms with van der Waals surface area (Å²) in [6.07, 6.45) is 5.63. The zero-order chi connectivity index (χ0) is 31.7. The molecule has 0 spiro atoms. The van der Waals surface area contributed by atoms with Crippen LogP contribution in [0.25, 0.3) is 11.1 Å². The number of benzene rings is 2. The molecular formula is C34H32N4O5S2. The van der Waals surface area contributed by atoms with Gasteiger partial charge in [-0.3, -0.25) is 24.1 Å². The van der Waals surface area contributed by atoms with E-state index in [0.29, 0.717) is 17.0 Å². The van der Waals surface area contributed by atoms with E-state index in [4.69, 9.17) is 4.74 Å². The fraction of sp³-hybridized carbons (Fsp3) is 0.235. The number of rotatable bonds is 8. The Morgan fingerprint density at radius 1 is 0.956 bits per heavy atom. The molecule has 4 aromatic rings. The lowest BCUT2D eigenvalue weighted by atomic mass is 9.95. The first-order valence-electron chi connectivity index (χ1n) is 14.6. The Bertz CT molecular complexity index is 1840. The van der Waals surface area contributed by atoms with Crippen molar-refractivity contribution in [2.45, 2.75) is 39.5 Å². The highest BCUT2D eigenvalue weighted by molar-refractivity contribution is 8.18. The van der Waals surface area contributed by atoms with Gasteiger partial charge in [-0.25, -0.2) is 0 Å². The van der Waals surface area contributed by atoms with E-state index in [-0.39, 0.29) is 10.8 Å². The molecule has 0 atom stereocenters. The molecule has 2 N–H and O–H groups in total. The van der Waals surface area contributed by atoms with Gasteiger partial charge in [0.05, 0.1) is 17.6 Å². The van der Waals surface area contributed by atoms with E-state index >= 15 is 0 Å². The third-order valence-corrected chi connectivity index (χ3v) is 10.1. The molecule has 11 heteroatoms. The molecular weight excluding hydrogens is 609 g/mol. The average Bonchev–Trinajstić information content (AvgIpc) is 3.64. The standard InChI is InChI=1S/C34H32N4O5S2/c1-20-17-22(18-28-32(41)37(34(42)45-28)19-29(39)35-24-13-15-25(43-3)16-14-24)21(2)38(20)33-30(26-11-7-8-12-27(26)44-33)31(40)36-23-9-5-4-6-10-23/h4-6,9-10,13-18H,7-8,11-12,19H2,1-3H3,(H,35,39)(H,36,40)/b28-18+. The second kappa shape index (κ2) is 12.8. The molecule has 1 aliphatic heterocycles. The van der Waals surface area contributed by atoms with Gasteiger partial charge in [0.2, 0.25) is 5.91 Å². The number of thiophene rings is 1. The van der Waals surface area contributed by atoms with Crippen LogP contribution in [0, 0.1) is 13.8 Å². The van der Waals surface area contributed by atoms with Crippen molar-refractivity contribution in [3.8, 4) is 10.8 Å². The van der Waals surface area contributed by atoms with Crippen LogP contribution in [0.5, 0.6) is 5.75 Å². The van der Waals surface area contributed by atoms with Crippen molar-refractivity contribution in [3.63, 3.8) is 0 Å². The average molecular weight is 641 g/mol. The minimum absolute atomic E-state index is 0.140. The number of imide groups is 1. The number of fused-ring (bicyclic) bond motifs is 1. The molecule has 9 nitrogen and oxygen atoms in total. The molecule has 0 radical (unpaired) electrons. The van der Waals surface area contributed by atoms with Crippen LogP contribution in [0.1, 0.15) is 50.6 Å². The van der Waals surface area contributed by atoms with E-state index in [2.05, 4.69) is 15.2 Å². The Morgan fingerprint density at radius 3 is 2.40 bits per heavy atom. The van der Waals surface area contributed by atoms with Gasteiger partial charge in [-0.1, -0.05) is 18.2 Å². The molecule has 2 aliphatic rings. The Kier molecular flexibility index (Phi) is 8.64. The van der Waals surface area contributed by atoms with Crippen molar-refractivity contribution in [3.05, 3.63) is 98.5 Å². The Balaban J connectivity index is 1.26. The van der Waals surface area contributed by atoms with E-state index in [1.807, 2.05) is 50.2 Å². The third-order valence-electron chi connectivity index (χ3n) is 7.92. The number of methoxy groups -OCH3 is 1. The smallest absolute Gasteiger partial charge is 0.294 e. The van der Waals surface area contributed by atoms with E-state index in [1.165, 1.54) is 4.88 Å². The number of nitrogens with zero attached hydrogens (tertiary/aromatic N) is 2. The normalized spacial score (nSPS) is 15.4. The summed E-state index contributed by atoms with van der Waals surface area (Å²) in [5, 5.41) is 6.13. The maximum Gasteiger partial charge on any atom is 0.294 e. The molecule has 6 rings (SSSR count). The van der Waals surface area contributed by atoms with E-state index in [0.717, 1.165) is 75.5 Å². The summed E-state index contributed by atoms with van der Waals surface area (Å²) in [6, 6.07) is 18.2. The number of nitrogens with one attached hydrogen (secondary N) is 2. The predicted octanol–water partition coefficient (Wildman–Crippen LogP) is 6.97. The van der Waals surface area contributed by atoms with Crippen LogP contribution in [-0.2, 0) is 22.4 Å².